The maximum absolute atomic E-state index is 14.0. The third kappa shape index (κ3) is 6.89. The second-order valence-corrected chi connectivity index (χ2v) is 12.1. The molecule has 0 radical (unpaired) electrons. The standard InChI is InChI=1S/C23H30F2N8O3S2/c1-14-28-18(32-31-14)6-10-27-9-3-13-38(35,36)33-11-7-15(8-12-33)29-23-30-22(26)21(37-23)20(34)19-16(24)4-2-5-17(19)25/h2,4-5,15,27H,3,6-13,26H2,1H3,(H,29,30)(H,28,31,32). The van der Waals surface area contributed by atoms with Crippen LogP contribution >= 0.6 is 11.3 Å². The zero-order chi connectivity index (χ0) is 27.3. The van der Waals surface area contributed by atoms with E-state index in [1.54, 1.807) is 0 Å². The highest BCUT2D eigenvalue weighted by Gasteiger charge is 2.29. The monoisotopic (exact) mass is 568 g/mol. The molecule has 15 heteroatoms. The molecular formula is C23H30F2N8O3S2. The first-order chi connectivity index (χ1) is 18.1. The van der Waals surface area contributed by atoms with Crippen molar-refractivity contribution in [3.8, 4) is 0 Å². The molecule has 4 rings (SSSR count). The Kier molecular flexibility index (Phi) is 9.02. The van der Waals surface area contributed by atoms with Gasteiger partial charge in [-0.25, -0.2) is 31.5 Å². The summed E-state index contributed by atoms with van der Waals surface area (Å²) < 4.78 is 55.1. The molecule has 0 unspecified atom stereocenters. The van der Waals surface area contributed by atoms with Crippen molar-refractivity contribution >= 4 is 38.1 Å². The number of carbonyl (C=O) groups is 1. The number of nitrogens with zero attached hydrogens (tertiary/aromatic N) is 4. The van der Waals surface area contributed by atoms with Gasteiger partial charge in [-0.1, -0.05) is 17.4 Å². The van der Waals surface area contributed by atoms with Crippen molar-refractivity contribution in [1.29, 1.82) is 0 Å². The van der Waals surface area contributed by atoms with E-state index in [2.05, 4.69) is 30.8 Å². The molecule has 0 atom stereocenters. The van der Waals surface area contributed by atoms with E-state index < -0.39 is 33.0 Å². The van der Waals surface area contributed by atoms with Crippen LogP contribution in [0.4, 0.5) is 19.7 Å². The fourth-order valence-corrected chi connectivity index (χ4v) is 6.61. The van der Waals surface area contributed by atoms with E-state index in [9.17, 15) is 22.0 Å². The Balaban J connectivity index is 1.22. The summed E-state index contributed by atoms with van der Waals surface area (Å²) in [5, 5.41) is 13.6. The quantitative estimate of drug-likeness (QED) is 0.190. The van der Waals surface area contributed by atoms with Gasteiger partial charge in [0.25, 0.3) is 0 Å². The van der Waals surface area contributed by atoms with Crippen molar-refractivity contribution in [2.24, 2.45) is 0 Å². The molecule has 206 valence electrons. The molecule has 1 saturated heterocycles. The van der Waals surface area contributed by atoms with Gasteiger partial charge in [0.2, 0.25) is 15.8 Å². The molecule has 11 nitrogen and oxygen atoms in total. The summed E-state index contributed by atoms with van der Waals surface area (Å²) in [5.74, 6) is -1.38. The van der Waals surface area contributed by atoms with Gasteiger partial charge in [0.05, 0.1) is 11.3 Å². The number of carbonyl (C=O) groups excluding carboxylic acids is 1. The number of aryl methyl sites for hydroxylation is 1. The van der Waals surface area contributed by atoms with Gasteiger partial charge in [-0.2, -0.15) is 5.10 Å². The van der Waals surface area contributed by atoms with Gasteiger partial charge in [-0.05, 0) is 44.9 Å². The average molecular weight is 569 g/mol. The lowest BCUT2D eigenvalue weighted by atomic mass is 10.1. The van der Waals surface area contributed by atoms with E-state index >= 15 is 0 Å². The summed E-state index contributed by atoms with van der Waals surface area (Å²) in [4.78, 5) is 21.0. The number of aromatic amines is 1. The van der Waals surface area contributed by atoms with Crippen molar-refractivity contribution in [2.75, 3.05) is 43.0 Å². The van der Waals surface area contributed by atoms with Crippen LogP contribution < -0.4 is 16.4 Å². The number of piperidine rings is 1. The SMILES string of the molecule is Cc1nc(CCNCCCS(=O)(=O)N2CCC(Nc3nc(N)c(C(=O)c4c(F)cccc4F)s3)CC2)n[nH]1. The smallest absolute Gasteiger partial charge is 0.214 e. The molecule has 0 aliphatic carbocycles. The number of H-pyrrole nitrogens is 1. The zero-order valence-electron chi connectivity index (χ0n) is 20.8. The number of nitrogens with two attached hydrogens (primary N) is 1. The number of sulfonamides is 1. The molecule has 1 aromatic carbocycles. The number of anilines is 2. The summed E-state index contributed by atoms with van der Waals surface area (Å²) in [5.41, 5.74) is 5.19. The summed E-state index contributed by atoms with van der Waals surface area (Å²) in [6.07, 6.45) is 2.24. The van der Waals surface area contributed by atoms with E-state index in [-0.39, 0.29) is 22.5 Å². The third-order valence-electron chi connectivity index (χ3n) is 6.15. The zero-order valence-corrected chi connectivity index (χ0v) is 22.5. The van der Waals surface area contributed by atoms with E-state index in [0.29, 0.717) is 57.0 Å². The molecule has 0 spiro atoms. The summed E-state index contributed by atoms with van der Waals surface area (Å²) in [6.45, 7) is 3.78. The summed E-state index contributed by atoms with van der Waals surface area (Å²) >= 11 is 0.919. The molecule has 5 N–H and O–H groups in total. The Morgan fingerprint density at radius 1 is 1.21 bits per heavy atom. The highest BCUT2D eigenvalue weighted by molar-refractivity contribution is 7.89. The minimum atomic E-state index is -3.38. The molecule has 3 aromatic rings. The fourth-order valence-electron chi connectivity index (χ4n) is 4.17. The fraction of sp³-hybridized carbons (Fsp3) is 0.478. The lowest BCUT2D eigenvalue weighted by Gasteiger charge is -2.31. The van der Waals surface area contributed by atoms with Crippen LogP contribution in [-0.2, 0) is 16.4 Å². The summed E-state index contributed by atoms with van der Waals surface area (Å²) in [6, 6.07) is 3.11. The number of thiazole rings is 1. The van der Waals surface area contributed by atoms with Crippen LogP contribution in [0.2, 0.25) is 0 Å². The molecule has 0 saturated carbocycles. The lowest BCUT2D eigenvalue weighted by molar-refractivity contribution is 0.103. The highest BCUT2D eigenvalue weighted by Crippen LogP contribution is 2.30. The van der Waals surface area contributed by atoms with Gasteiger partial charge in [-0.3, -0.25) is 9.89 Å². The van der Waals surface area contributed by atoms with Gasteiger partial charge in [0.15, 0.2) is 11.0 Å². The predicted octanol–water partition coefficient (Wildman–Crippen LogP) is 2.09. The van der Waals surface area contributed by atoms with Gasteiger partial charge in [0.1, 0.15) is 28.2 Å². The maximum Gasteiger partial charge on any atom is 0.214 e. The second-order valence-electron chi connectivity index (χ2n) is 8.98. The van der Waals surface area contributed by atoms with Crippen LogP contribution in [0.5, 0.6) is 0 Å². The number of nitrogen functional groups attached to an aromatic ring is 1. The predicted molar refractivity (Wildman–Crippen MR) is 141 cm³/mol. The largest absolute Gasteiger partial charge is 0.382 e. The topological polar surface area (TPSA) is 159 Å². The Morgan fingerprint density at radius 3 is 2.58 bits per heavy atom. The van der Waals surface area contributed by atoms with Crippen molar-refractivity contribution in [2.45, 2.75) is 38.6 Å². The average Bonchev–Trinajstić information content (AvgIpc) is 3.45. The Hall–Kier alpha value is -3.01. The number of benzene rings is 1. The van der Waals surface area contributed by atoms with Gasteiger partial charge < -0.3 is 16.4 Å². The Bertz CT molecular complexity index is 1350. The van der Waals surface area contributed by atoms with Crippen LogP contribution in [0.25, 0.3) is 0 Å². The third-order valence-corrected chi connectivity index (χ3v) is 9.11. The minimum Gasteiger partial charge on any atom is -0.382 e. The van der Waals surface area contributed by atoms with E-state index in [1.807, 2.05) is 6.92 Å². The number of ketones is 1. The summed E-state index contributed by atoms with van der Waals surface area (Å²) in [7, 11) is -3.38. The molecule has 1 aliphatic heterocycles. The maximum atomic E-state index is 14.0. The van der Waals surface area contributed by atoms with Crippen LogP contribution in [-0.4, -0.2) is 76.6 Å². The minimum absolute atomic E-state index is 0.0545. The molecule has 0 bridgehead atoms. The number of hydrogen-bond donors (Lipinski definition) is 4. The first-order valence-corrected chi connectivity index (χ1v) is 14.6. The second kappa shape index (κ2) is 12.2. The molecular weight excluding hydrogens is 538 g/mol. The van der Waals surface area contributed by atoms with Gasteiger partial charge >= 0.3 is 0 Å². The number of hydrogen-bond acceptors (Lipinski definition) is 10. The molecule has 0 amide bonds. The first-order valence-electron chi connectivity index (χ1n) is 12.2. The van der Waals surface area contributed by atoms with Gasteiger partial charge in [0, 0.05) is 32.1 Å². The van der Waals surface area contributed by atoms with E-state index in [4.69, 9.17) is 5.73 Å². The number of nitrogens with one attached hydrogen (secondary N) is 3. The number of halogens is 2. The van der Waals surface area contributed by atoms with Crippen molar-refractivity contribution in [1.82, 2.24) is 29.8 Å². The highest BCUT2D eigenvalue weighted by atomic mass is 32.2. The van der Waals surface area contributed by atoms with E-state index in [0.717, 1.165) is 35.1 Å². The van der Waals surface area contributed by atoms with Crippen LogP contribution in [0.3, 0.4) is 0 Å². The normalized spacial score (nSPS) is 15.1. The molecule has 38 heavy (non-hydrogen) atoms. The molecule has 3 heterocycles. The Labute approximate surface area is 223 Å². The number of rotatable bonds is 12. The molecule has 1 aliphatic rings. The van der Waals surface area contributed by atoms with Crippen LogP contribution in [0.1, 0.15) is 46.1 Å². The lowest BCUT2D eigenvalue weighted by Crippen LogP contribution is -2.43. The van der Waals surface area contributed by atoms with Crippen molar-refractivity contribution < 1.29 is 22.0 Å². The number of aromatic nitrogens is 4. The Morgan fingerprint density at radius 2 is 1.92 bits per heavy atom. The van der Waals surface area contributed by atoms with Gasteiger partial charge in [-0.15, -0.1) is 0 Å². The van der Waals surface area contributed by atoms with Crippen LogP contribution in [0.15, 0.2) is 18.2 Å². The molecule has 1 fully saturated rings. The van der Waals surface area contributed by atoms with Crippen molar-refractivity contribution in [3.05, 3.63) is 51.9 Å². The first kappa shape index (κ1) is 28.0. The van der Waals surface area contributed by atoms with E-state index in [1.165, 1.54) is 10.4 Å². The molecule has 2 aromatic heterocycles. The van der Waals surface area contributed by atoms with Crippen LogP contribution in [0, 0.1) is 18.6 Å². The van der Waals surface area contributed by atoms with Crippen molar-refractivity contribution in [3.63, 3.8) is 0 Å².